The summed E-state index contributed by atoms with van der Waals surface area (Å²) >= 11 is 0. The van der Waals surface area contributed by atoms with Crippen molar-refractivity contribution >= 4 is 5.78 Å². The van der Waals surface area contributed by atoms with Crippen LogP contribution in [-0.2, 0) is 24.2 Å². The van der Waals surface area contributed by atoms with Gasteiger partial charge in [-0.1, -0.05) is 42.5 Å². The Labute approximate surface area is 194 Å². The summed E-state index contributed by atoms with van der Waals surface area (Å²) in [5.74, 6) is 0.662. The van der Waals surface area contributed by atoms with E-state index < -0.39 is 6.10 Å². The van der Waals surface area contributed by atoms with E-state index in [0.29, 0.717) is 25.2 Å². The molecule has 5 rings (SSSR count). The third-order valence-electron chi connectivity index (χ3n) is 7.00. The van der Waals surface area contributed by atoms with Gasteiger partial charge in [-0.3, -0.25) is 14.7 Å². The van der Waals surface area contributed by atoms with Gasteiger partial charge in [0.15, 0.2) is 0 Å². The number of ketones is 1. The fraction of sp³-hybridized carbons (Fsp3) is 0.462. The van der Waals surface area contributed by atoms with Gasteiger partial charge in [0.2, 0.25) is 0 Å². The van der Waals surface area contributed by atoms with E-state index in [9.17, 15) is 9.90 Å². The van der Waals surface area contributed by atoms with Crippen molar-refractivity contribution < 1.29 is 9.90 Å². The van der Waals surface area contributed by atoms with Crippen LogP contribution < -0.4 is 0 Å². The van der Waals surface area contributed by atoms with Crippen LogP contribution >= 0.6 is 0 Å². The maximum absolute atomic E-state index is 11.8. The van der Waals surface area contributed by atoms with E-state index in [0.717, 1.165) is 55.1 Å². The first kappa shape index (κ1) is 21.9. The van der Waals surface area contributed by atoms with Crippen LogP contribution in [0, 0.1) is 0 Å². The van der Waals surface area contributed by atoms with Crippen molar-refractivity contribution in [1.29, 1.82) is 0 Å². The zero-order valence-electron chi connectivity index (χ0n) is 19.1. The van der Waals surface area contributed by atoms with Crippen LogP contribution in [0.2, 0.25) is 0 Å². The number of carbonyl (C=O) groups is 1. The molecule has 1 saturated heterocycles. The second-order valence-electron chi connectivity index (χ2n) is 9.28. The van der Waals surface area contributed by atoms with E-state index in [4.69, 9.17) is 4.98 Å². The molecule has 0 saturated carbocycles. The molecule has 1 N–H and O–H groups in total. The zero-order chi connectivity index (χ0) is 22.8. The average molecular weight is 446 g/mol. The fourth-order valence-electron chi connectivity index (χ4n) is 5.16. The van der Waals surface area contributed by atoms with Crippen LogP contribution in [0.5, 0.6) is 0 Å². The first-order valence-corrected chi connectivity index (χ1v) is 12.0. The summed E-state index contributed by atoms with van der Waals surface area (Å²) in [5, 5.41) is 19.4. The topological polar surface area (TPSA) is 84.1 Å². The second kappa shape index (κ2) is 9.53. The quantitative estimate of drug-likeness (QED) is 0.602. The number of carbonyl (C=O) groups excluding carboxylic acids is 1. The van der Waals surface area contributed by atoms with E-state index in [2.05, 4.69) is 33.4 Å². The van der Waals surface area contributed by atoms with Crippen molar-refractivity contribution in [2.45, 2.75) is 63.6 Å². The molecule has 0 radical (unpaired) electrons. The van der Waals surface area contributed by atoms with Crippen molar-refractivity contribution in [3.05, 3.63) is 76.9 Å². The van der Waals surface area contributed by atoms with Crippen LogP contribution in [0.1, 0.15) is 66.4 Å². The van der Waals surface area contributed by atoms with E-state index in [1.165, 1.54) is 5.56 Å². The molecule has 172 valence electrons. The first-order chi connectivity index (χ1) is 16.1. The summed E-state index contributed by atoms with van der Waals surface area (Å²) < 4.78 is 1.82. The Morgan fingerprint density at radius 1 is 1.09 bits per heavy atom. The lowest BCUT2D eigenvalue weighted by molar-refractivity contribution is -0.118. The third-order valence-corrected chi connectivity index (χ3v) is 7.00. The van der Waals surface area contributed by atoms with Crippen LogP contribution in [0.3, 0.4) is 0 Å². The molecule has 3 heterocycles. The summed E-state index contributed by atoms with van der Waals surface area (Å²) in [7, 11) is 0. The monoisotopic (exact) mass is 445 g/mol. The summed E-state index contributed by atoms with van der Waals surface area (Å²) in [6.07, 6.45) is 5.24. The molecule has 33 heavy (non-hydrogen) atoms. The molecule has 2 atom stereocenters. The zero-order valence-corrected chi connectivity index (χ0v) is 19.1. The Morgan fingerprint density at radius 3 is 2.73 bits per heavy atom. The van der Waals surface area contributed by atoms with Crippen LogP contribution in [-0.4, -0.2) is 55.0 Å². The number of likely N-dealkylation sites (tertiary alicyclic amines) is 1. The summed E-state index contributed by atoms with van der Waals surface area (Å²) in [4.78, 5) is 19.0. The highest BCUT2D eigenvalue weighted by atomic mass is 16.3. The lowest BCUT2D eigenvalue weighted by atomic mass is 9.92. The first-order valence-electron chi connectivity index (χ1n) is 12.0. The molecule has 7 heteroatoms. The molecule has 1 aromatic carbocycles. The van der Waals surface area contributed by atoms with Gasteiger partial charge in [0.1, 0.15) is 11.8 Å². The minimum atomic E-state index is -0.469. The number of pyridine rings is 1. The maximum Gasteiger partial charge on any atom is 0.138 e. The minimum Gasteiger partial charge on any atom is -0.390 e. The summed E-state index contributed by atoms with van der Waals surface area (Å²) in [6, 6.07) is 14.1. The van der Waals surface area contributed by atoms with Crippen molar-refractivity contribution in [2.24, 2.45) is 0 Å². The van der Waals surface area contributed by atoms with Crippen molar-refractivity contribution in [1.82, 2.24) is 24.9 Å². The number of hydrogen-bond donors (Lipinski definition) is 1. The number of aliphatic hydroxyl groups excluding tert-OH is 1. The Kier molecular flexibility index (Phi) is 6.33. The minimum absolute atomic E-state index is 0.161. The van der Waals surface area contributed by atoms with Gasteiger partial charge in [0.25, 0.3) is 0 Å². The van der Waals surface area contributed by atoms with Gasteiger partial charge in [-0.25, -0.2) is 4.68 Å². The number of hydrogen-bond acceptors (Lipinski definition) is 6. The molecule has 1 aliphatic heterocycles. The normalized spacial score (nSPS) is 21.3. The lowest BCUT2D eigenvalue weighted by Crippen LogP contribution is -2.32. The standard InChI is InChI=1S/C26H31N5O2/c1-2-22(32)15-20-7-5-9-24(27-20)18-10-12-30(13-11-18)16-21-17-31(29-28-21)26-23-8-4-3-6-19(23)14-25(26)33/h3-9,17-18,25-26,33H,2,10-16H2,1H3/t25-,26-/m1/s1. The van der Waals surface area contributed by atoms with Crippen molar-refractivity contribution in [3.8, 4) is 0 Å². The second-order valence-corrected chi connectivity index (χ2v) is 9.28. The fourth-order valence-corrected chi connectivity index (χ4v) is 5.16. The van der Waals surface area contributed by atoms with Crippen LogP contribution in [0.25, 0.3) is 0 Å². The predicted molar refractivity (Wildman–Crippen MR) is 125 cm³/mol. The number of nitrogens with zero attached hydrogens (tertiary/aromatic N) is 5. The number of aliphatic hydroxyl groups is 1. The van der Waals surface area contributed by atoms with E-state index in [1.54, 1.807) is 0 Å². The van der Waals surface area contributed by atoms with Crippen molar-refractivity contribution in [2.75, 3.05) is 13.1 Å². The smallest absolute Gasteiger partial charge is 0.138 e. The number of rotatable bonds is 7. The van der Waals surface area contributed by atoms with Gasteiger partial charge >= 0.3 is 0 Å². The molecule has 0 amide bonds. The highest BCUT2D eigenvalue weighted by Crippen LogP contribution is 2.34. The van der Waals surface area contributed by atoms with E-state index in [1.807, 2.05) is 42.1 Å². The SMILES string of the molecule is CCC(=O)Cc1cccc(C2CCN(Cc3cn([C@@H]4c5ccccc5C[C@H]4O)nn3)CC2)n1. The number of piperidine rings is 1. The molecule has 0 spiro atoms. The van der Waals surface area contributed by atoms with Gasteiger partial charge in [-0.15, -0.1) is 5.10 Å². The molecule has 3 aromatic rings. The predicted octanol–water partition coefficient (Wildman–Crippen LogP) is 3.08. The lowest BCUT2D eigenvalue weighted by Gasteiger charge is -2.31. The van der Waals surface area contributed by atoms with Gasteiger partial charge in [-0.2, -0.15) is 0 Å². The van der Waals surface area contributed by atoms with Crippen LogP contribution in [0.15, 0.2) is 48.7 Å². The number of benzene rings is 1. The molecular formula is C26H31N5O2. The van der Waals surface area contributed by atoms with E-state index in [-0.39, 0.29) is 11.8 Å². The van der Waals surface area contributed by atoms with Crippen molar-refractivity contribution in [3.63, 3.8) is 0 Å². The number of fused-ring (bicyclic) bond motifs is 1. The maximum atomic E-state index is 11.8. The Morgan fingerprint density at radius 2 is 1.91 bits per heavy atom. The third kappa shape index (κ3) is 4.75. The molecule has 7 nitrogen and oxygen atoms in total. The Balaban J connectivity index is 1.19. The van der Waals surface area contributed by atoms with Gasteiger partial charge in [0.05, 0.1) is 18.0 Å². The average Bonchev–Trinajstić information content (AvgIpc) is 3.42. The summed E-state index contributed by atoms with van der Waals surface area (Å²) in [6.45, 7) is 4.61. The molecule has 2 aliphatic rings. The number of Topliss-reactive ketones (excluding diaryl/α,β-unsaturated/α-hetero) is 1. The van der Waals surface area contributed by atoms with E-state index >= 15 is 0 Å². The summed E-state index contributed by atoms with van der Waals surface area (Å²) in [5.41, 5.74) is 5.25. The van der Waals surface area contributed by atoms with Gasteiger partial charge in [-0.05, 0) is 49.2 Å². The van der Waals surface area contributed by atoms with Crippen LogP contribution in [0.4, 0.5) is 0 Å². The highest BCUT2D eigenvalue weighted by molar-refractivity contribution is 5.80. The molecule has 0 bridgehead atoms. The molecule has 0 unspecified atom stereocenters. The van der Waals surface area contributed by atoms with Gasteiger partial charge < -0.3 is 5.11 Å². The molecule has 2 aromatic heterocycles. The molecular weight excluding hydrogens is 414 g/mol. The molecule has 1 aliphatic carbocycles. The largest absolute Gasteiger partial charge is 0.390 e. The Bertz CT molecular complexity index is 1120. The Hall–Kier alpha value is -2.90. The highest BCUT2D eigenvalue weighted by Gasteiger charge is 2.33. The van der Waals surface area contributed by atoms with Gasteiger partial charge in [0, 0.05) is 43.1 Å². The number of aromatic nitrogens is 4. The molecule has 1 fully saturated rings.